The van der Waals surface area contributed by atoms with E-state index in [2.05, 4.69) is 4.98 Å². The van der Waals surface area contributed by atoms with Crippen LogP contribution in [0, 0.1) is 11.8 Å². The Hall–Kier alpha value is -2.47. The van der Waals surface area contributed by atoms with Crippen molar-refractivity contribution >= 4 is 22.8 Å². The van der Waals surface area contributed by atoms with Gasteiger partial charge in [0, 0.05) is 10.9 Å². The smallest absolute Gasteiger partial charge is 0.312 e. The van der Waals surface area contributed by atoms with Crippen LogP contribution in [0.1, 0.15) is 17.5 Å². The number of amides is 1. The fraction of sp³-hybridized carbons (Fsp3) is 0.353. The van der Waals surface area contributed by atoms with Crippen molar-refractivity contribution in [2.45, 2.75) is 12.8 Å². The summed E-state index contributed by atoms with van der Waals surface area (Å²) >= 11 is 0. The number of cyclic esters (lactones) is 1. The molecule has 0 radical (unpaired) electrons. The Morgan fingerprint density at radius 3 is 2.91 bits per heavy atom. The third-order valence-electron chi connectivity index (χ3n) is 4.93. The highest BCUT2D eigenvalue weighted by molar-refractivity contribution is 5.89. The minimum Gasteiger partial charge on any atom is -0.465 e. The maximum Gasteiger partial charge on any atom is 0.312 e. The first-order valence-electron chi connectivity index (χ1n) is 7.69. The molecule has 23 heavy (non-hydrogen) atoms. The van der Waals surface area contributed by atoms with Gasteiger partial charge in [-0.25, -0.2) is 0 Å². The van der Waals surface area contributed by atoms with Crippen molar-refractivity contribution < 1.29 is 19.1 Å². The number of carbonyl (C=O) groups is 2. The first-order valence-corrected chi connectivity index (χ1v) is 7.69. The summed E-state index contributed by atoms with van der Waals surface area (Å²) in [4.78, 5) is 30.9. The van der Waals surface area contributed by atoms with Gasteiger partial charge in [-0.05, 0) is 12.1 Å². The third kappa shape index (κ3) is 1.75. The van der Waals surface area contributed by atoms with Crippen molar-refractivity contribution in [2.75, 3.05) is 13.2 Å². The summed E-state index contributed by atoms with van der Waals surface area (Å²) in [5.74, 6) is -1.33. The number of nitrogens with zero attached hydrogens (tertiary/aromatic N) is 2. The number of rotatable bonds is 0. The number of esters is 1. The number of pyridine rings is 1. The molecule has 1 aromatic heterocycles. The van der Waals surface area contributed by atoms with Crippen LogP contribution in [-0.4, -0.2) is 35.0 Å². The normalized spacial score (nSPS) is 29.0. The largest absolute Gasteiger partial charge is 0.465 e. The van der Waals surface area contributed by atoms with Gasteiger partial charge in [0.2, 0.25) is 5.91 Å². The van der Waals surface area contributed by atoms with Gasteiger partial charge in [0.1, 0.15) is 6.61 Å². The molecule has 0 spiro atoms. The van der Waals surface area contributed by atoms with E-state index in [-0.39, 0.29) is 25.1 Å². The average molecular weight is 310 g/mol. The molecular weight excluding hydrogens is 296 g/mol. The topological polar surface area (TPSA) is 68.7 Å². The molecule has 0 aliphatic carbocycles. The van der Waals surface area contributed by atoms with Gasteiger partial charge < -0.3 is 14.4 Å². The Bertz CT molecular complexity index is 850. The molecule has 5 rings (SSSR count). The summed E-state index contributed by atoms with van der Waals surface area (Å²) in [5, 5.41) is 1.02. The molecule has 2 fully saturated rings. The summed E-state index contributed by atoms with van der Waals surface area (Å²) in [7, 11) is 0. The van der Waals surface area contributed by atoms with Gasteiger partial charge in [-0.2, -0.15) is 0 Å². The number of carbonyl (C=O) groups excluding carboxylic acids is 2. The first kappa shape index (κ1) is 13.0. The summed E-state index contributed by atoms with van der Waals surface area (Å²) in [6.45, 7) is 0.782. The lowest BCUT2D eigenvalue weighted by Gasteiger charge is -2.23. The van der Waals surface area contributed by atoms with Gasteiger partial charge >= 0.3 is 5.97 Å². The minimum absolute atomic E-state index is 0.0783. The van der Waals surface area contributed by atoms with Crippen LogP contribution in [0.25, 0.3) is 10.9 Å². The van der Waals surface area contributed by atoms with Crippen LogP contribution >= 0.6 is 0 Å². The lowest BCUT2D eigenvalue weighted by molar-refractivity contribution is -0.147. The van der Waals surface area contributed by atoms with E-state index in [1.165, 1.54) is 0 Å². The maximum atomic E-state index is 12.8. The van der Waals surface area contributed by atoms with Crippen LogP contribution < -0.4 is 0 Å². The number of ether oxygens (including phenoxy) is 2. The minimum atomic E-state index is -0.482. The number of hydrogen-bond acceptors (Lipinski definition) is 5. The number of benzene rings is 1. The molecule has 6 heteroatoms. The molecule has 116 valence electrons. The molecule has 0 N–H and O–H groups in total. The number of hydrogen-bond donors (Lipinski definition) is 0. The molecule has 2 saturated heterocycles. The van der Waals surface area contributed by atoms with Crippen LogP contribution in [0.3, 0.4) is 0 Å². The molecule has 4 heterocycles. The van der Waals surface area contributed by atoms with E-state index in [9.17, 15) is 9.59 Å². The summed E-state index contributed by atoms with van der Waals surface area (Å²) in [6, 6.07) is 9.90. The van der Waals surface area contributed by atoms with Crippen molar-refractivity contribution in [2.24, 2.45) is 11.8 Å². The first-order chi connectivity index (χ1) is 11.2. The fourth-order valence-corrected chi connectivity index (χ4v) is 3.69. The Balaban J connectivity index is 1.59. The fourth-order valence-electron chi connectivity index (χ4n) is 3.69. The van der Waals surface area contributed by atoms with Crippen molar-refractivity contribution in [1.82, 2.24) is 9.88 Å². The lowest BCUT2D eigenvalue weighted by Crippen LogP contribution is -2.35. The highest BCUT2D eigenvalue weighted by atomic mass is 16.6. The number of para-hydroxylation sites is 1. The highest BCUT2D eigenvalue weighted by Crippen LogP contribution is 2.41. The predicted octanol–water partition coefficient (Wildman–Crippen LogP) is 1.40. The Labute approximate surface area is 132 Å². The van der Waals surface area contributed by atoms with Gasteiger partial charge in [-0.1, -0.05) is 18.2 Å². The van der Waals surface area contributed by atoms with Crippen LogP contribution in [0.2, 0.25) is 0 Å². The van der Waals surface area contributed by atoms with Crippen molar-refractivity contribution in [1.29, 1.82) is 0 Å². The van der Waals surface area contributed by atoms with Gasteiger partial charge in [0.05, 0.1) is 36.2 Å². The van der Waals surface area contributed by atoms with Gasteiger partial charge in [0.15, 0.2) is 6.23 Å². The van der Waals surface area contributed by atoms with Gasteiger partial charge in [-0.3, -0.25) is 14.6 Å². The van der Waals surface area contributed by atoms with E-state index >= 15 is 0 Å². The highest BCUT2D eigenvalue weighted by Gasteiger charge is 2.50. The van der Waals surface area contributed by atoms with Gasteiger partial charge in [-0.15, -0.1) is 0 Å². The average Bonchev–Trinajstić information content (AvgIpc) is 3.06. The van der Waals surface area contributed by atoms with Crippen LogP contribution in [-0.2, 0) is 25.6 Å². The molecule has 6 nitrogen and oxygen atoms in total. The number of aromatic nitrogens is 1. The predicted molar refractivity (Wildman–Crippen MR) is 78.9 cm³/mol. The second-order valence-electron chi connectivity index (χ2n) is 6.21. The second-order valence-corrected chi connectivity index (χ2v) is 6.21. The van der Waals surface area contributed by atoms with Crippen LogP contribution in [0.15, 0.2) is 30.3 Å². The molecule has 3 aliphatic heterocycles. The monoisotopic (exact) mass is 310 g/mol. The van der Waals surface area contributed by atoms with E-state index in [0.717, 1.165) is 22.2 Å². The van der Waals surface area contributed by atoms with E-state index in [4.69, 9.17) is 9.47 Å². The second kappa shape index (κ2) is 4.52. The maximum absolute atomic E-state index is 12.8. The molecule has 0 bridgehead atoms. The third-order valence-corrected chi connectivity index (χ3v) is 4.93. The van der Waals surface area contributed by atoms with Crippen LogP contribution in [0.4, 0.5) is 0 Å². The summed E-state index contributed by atoms with van der Waals surface area (Å²) < 4.78 is 11.0. The summed E-state index contributed by atoms with van der Waals surface area (Å²) in [5.41, 5.74) is 2.70. The van der Waals surface area contributed by atoms with E-state index in [1.54, 1.807) is 4.90 Å². The standard InChI is InChI=1S/C17H14N2O4/c20-15-11-7-23-17(21)12(11)8-22-16-10-5-9-3-1-2-4-13(9)18-14(10)6-19(15)16/h1-5,11-12,16H,6-8H2/t11-,12+,16+/m0/s1. The van der Waals surface area contributed by atoms with Crippen molar-refractivity contribution in [3.63, 3.8) is 0 Å². The summed E-state index contributed by atoms with van der Waals surface area (Å²) in [6.07, 6.45) is -0.451. The number of fused-ring (bicyclic) bond motifs is 5. The zero-order chi connectivity index (χ0) is 15.6. The Kier molecular flexibility index (Phi) is 2.56. The Morgan fingerprint density at radius 2 is 2.00 bits per heavy atom. The van der Waals surface area contributed by atoms with Gasteiger partial charge in [0.25, 0.3) is 0 Å². The molecule has 3 aliphatic rings. The van der Waals surface area contributed by atoms with Crippen molar-refractivity contribution in [3.8, 4) is 0 Å². The van der Waals surface area contributed by atoms with E-state index in [0.29, 0.717) is 6.54 Å². The molecule has 3 atom stereocenters. The molecule has 1 aromatic carbocycles. The Morgan fingerprint density at radius 1 is 1.13 bits per heavy atom. The zero-order valence-electron chi connectivity index (χ0n) is 12.3. The molecule has 1 amide bonds. The van der Waals surface area contributed by atoms with Crippen molar-refractivity contribution in [3.05, 3.63) is 41.6 Å². The quantitative estimate of drug-likeness (QED) is 0.688. The molecule has 0 unspecified atom stereocenters. The lowest BCUT2D eigenvalue weighted by atomic mass is 9.95. The van der Waals surface area contributed by atoms with Crippen LogP contribution in [0.5, 0.6) is 0 Å². The molecular formula is C17H14N2O4. The molecule has 2 aromatic rings. The van der Waals surface area contributed by atoms with E-state index < -0.39 is 18.1 Å². The zero-order valence-corrected chi connectivity index (χ0v) is 12.3. The van der Waals surface area contributed by atoms with E-state index in [1.807, 2.05) is 30.3 Å². The SMILES string of the molecule is O=C1OC[C@@H]2C(=O)N3Cc4nc5ccccc5cc4[C@H]3OC[C@@H]12. The molecule has 0 saturated carbocycles.